The van der Waals surface area contributed by atoms with Gasteiger partial charge in [-0.15, -0.1) is 0 Å². The molecule has 17 heavy (non-hydrogen) atoms. The molecule has 0 aromatic carbocycles. The van der Waals surface area contributed by atoms with Gasteiger partial charge in [0, 0.05) is 25.0 Å². The van der Waals surface area contributed by atoms with Crippen molar-refractivity contribution in [3.8, 4) is 0 Å². The lowest BCUT2D eigenvalue weighted by atomic mass is 10.3. The van der Waals surface area contributed by atoms with Crippen LogP contribution in [0.4, 0.5) is 0 Å². The molecule has 0 saturated carbocycles. The maximum Gasteiger partial charge on any atom is 0.0953 e. The summed E-state index contributed by atoms with van der Waals surface area (Å²) in [6.45, 7) is 5.75. The molecule has 2 heterocycles. The third kappa shape index (κ3) is 3.64. The summed E-state index contributed by atoms with van der Waals surface area (Å²) in [5.74, 6) is 0. The maximum atomic E-state index is 4.34. The van der Waals surface area contributed by atoms with Crippen molar-refractivity contribution in [1.29, 1.82) is 0 Å². The van der Waals surface area contributed by atoms with Crippen molar-refractivity contribution < 1.29 is 0 Å². The molecule has 2 rings (SSSR count). The van der Waals surface area contributed by atoms with Crippen molar-refractivity contribution in [1.82, 2.24) is 25.1 Å². The van der Waals surface area contributed by atoms with E-state index in [1.54, 1.807) is 6.20 Å². The van der Waals surface area contributed by atoms with Gasteiger partial charge in [-0.25, -0.2) is 4.98 Å². The van der Waals surface area contributed by atoms with Gasteiger partial charge in [-0.3, -0.25) is 0 Å². The quantitative estimate of drug-likeness (QED) is 0.840. The van der Waals surface area contributed by atoms with Crippen molar-refractivity contribution in [2.45, 2.75) is 33.0 Å². The van der Waals surface area contributed by atoms with Crippen LogP contribution in [0.1, 0.15) is 25.2 Å². The summed E-state index contributed by atoms with van der Waals surface area (Å²) in [5, 5.41) is 11.2. The van der Waals surface area contributed by atoms with Gasteiger partial charge in [-0.1, -0.05) is 13.8 Å². The van der Waals surface area contributed by atoms with Gasteiger partial charge >= 0.3 is 0 Å². The van der Waals surface area contributed by atoms with Crippen molar-refractivity contribution in [3.05, 3.63) is 42.2 Å². The molecule has 0 aliphatic rings. The molecule has 5 nitrogen and oxygen atoms in total. The first kappa shape index (κ1) is 11.7. The first-order valence-corrected chi connectivity index (χ1v) is 5.74. The summed E-state index contributed by atoms with van der Waals surface area (Å²) in [7, 11) is 0. The van der Waals surface area contributed by atoms with E-state index in [1.165, 1.54) is 0 Å². The Bertz CT molecular complexity index is 449. The van der Waals surface area contributed by atoms with Gasteiger partial charge in [0.25, 0.3) is 0 Å². The fourth-order valence-electron chi connectivity index (χ4n) is 1.50. The zero-order valence-corrected chi connectivity index (χ0v) is 10.2. The van der Waals surface area contributed by atoms with Crippen molar-refractivity contribution in [3.63, 3.8) is 0 Å². The van der Waals surface area contributed by atoms with Gasteiger partial charge in [0.15, 0.2) is 0 Å². The van der Waals surface area contributed by atoms with Crippen molar-refractivity contribution >= 4 is 0 Å². The Kier molecular flexibility index (Phi) is 3.82. The van der Waals surface area contributed by atoms with Crippen LogP contribution in [0.3, 0.4) is 0 Å². The molecule has 0 spiro atoms. The summed E-state index contributed by atoms with van der Waals surface area (Å²) in [5.41, 5.74) is 1.98. The lowest BCUT2D eigenvalue weighted by Gasteiger charge is -2.04. The second-order valence-electron chi connectivity index (χ2n) is 4.29. The van der Waals surface area contributed by atoms with E-state index in [4.69, 9.17) is 0 Å². The van der Waals surface area contributed by atoms with Crippen LogP contribution in [0.5, 0.6) is 0 Å². The van der Waals surface area contributed by atoms with Crippen LogP contribution in [0.15, 0.2) is 30.9 Å². The Labute approximate surface area is 101 Å². The fourth-order valence-corrected chi connectivity index (χ4v) is 1.50. The number of hydrogen-bond acceptors (Lipinski definition) is 4. The van der Waals surface area contributed by atoms with E-state index < -0.39 is 0 Å². The van der Waals surface area contributed by atoms with Crippen LogP contribution < -0.4 is 5.32 Å². The van der Waals surface area contributed by atoms with E-state index in [0.717, 1.165) is 17.9 Å². The minimum absolute atomic E-state index is 0.472. The average molecular weight is 231 g/mol. The van der Waals surface area contributed by atoms with Crippen LogP contribution in [0, 0.1) is 0 Å². The van der Waals surface area contributed by atoms with Gasteiger partial charge < -0.3 is 9.88 Å². The molecule has 0 amide bonds. The Morgan fingerprint density at radius 3 is 2.94 bits per heavy atom. The first-order valence-electron chi connectivity index (χ1n) is 5.74. The summed E-state index contributed by atoms with van der Waals surface area (Å²) >= 11 is 0. The molecule has 0 saturated heterocycles. The molecule has 2 aromatic rings. The third-order valence-corrected chi connectivity index (χ3v) is 2.35. The predicted molar refractivity (Wildman–Crippen MR) is 65.3 cm³/mol. The van der Waals surface area contributed by atoms with Crippen LogP contribution in [-0.4, -0.2) is 25.8 Å². The molecule has 0 atom stereocenters. The Hall–Kier alpha value is -1.75. The Balaban J connectivity index is 1.94. The highest BCUT2D eigenvalue weighted by Crippen LogP contribution is 2.00. The van der Waals surface area contributed by atoms with Gasteiger partial charge in [-0.05, 0) is 12.1 Å². The molecule has 0 fully saturated rings. The molecule has 1 N–H and O–H groups in total. The topological polar surface area (TPSA) is 55.6 Å². The smallest absolute Gasteiger partial charge is 0.0953 e. The average Bonchev–Trinajstić information content (AvgIpc) is 2.75. The van der Waals surface area contributed by atoms with E-state index >= 15 is 0 Å². The molecule has 5 heteroatoms. The van der Waals surface area contributed by atoms with Gasteiger partial charge in [0.1, 0.15) is 0 Å². The van der Waals surface area contributed by atoms with Crippen LogP contribution >= 0.6 is 0 Å². The van der Waals surface area contributed by atoms with Crippen LogP contribution in [0.25, 0.3) is 0 Å². The number of rotatable bonds is 5. The van der Waals surface area contributed by atoms with Gasteiger partial charge in [0.2, 0.25) is 0 Å². The molecule has 0 radical (unpaired) electrons. The molecular formula is C12H17N5. The van der Waals surface area contributed by atoms with Crippen molar-refractivity contribution in [2.75, 3.05) is 0 Å². The lowest BCUT2D eigenvalue weighted by molar-refractivity contribution is 0.582. The van der Waals surface area contributed by atoms with Gasteiger partial charge in [0.05, 0.1) is 24.3 Å². The van der Waals surface area contributed by atoms with Crippen LogP contribution in [-0.2, 0) is 13.1 Å². The standard InChI is InChI=1S/C12H17N5/c1-10(2)13-6-12-8-17(9-14-12)7-11-4-3-5-15-16-11/h3-5,8-10,13H,6-7H2,1-2H3. The monoisotopic (exact) mass is 231 g/mol. The summed E-state index contributed by atoms with van der Waals surface area (Å²) < 4.78 is 2.02. The summed E-state index contributed by atoms with van der Waals surface area (Å²) in [6, 6.07) is 4.32. The van der Waals surface area contributed by atoms with E-state index in [-0.39, 0.29) is 0 Å². The molecule has 0 unspecified atom stereocenters. The lowest BCUT2D eigenvalue weighted by Crippen LogP contribution is -2.21. The molecule has 90 valence electrons. The molecule has 0 bridgehead atoms. The summed E-state index contributed by atoms with van der Waals surface area (Å²) in [4.78, 5) is 4.34. The third-order valence-electron chi connectivity index (χ3n) is 2.35. The van der Waals surface area contributed by atoms with Gasteiger partial charge in [-0.2, -0.15) is 10.2 Å². The first-order chi connectivity index (χ1) is 8.24. The fraction of sp³-hybridized carbons (Fsp3) is 0.417. The molecule has 0 aliphatic carbocycles. The zero-order chi connectivity index (χ0) is 12.1. The number of aromatic nitrogens is 4. The predicted octanol–water partition coefficient (Wildman–Crippen LogP) is 1.22. The minimum atomic E-state index is 0.472. The molecule has 2 aromatic heterocycles. The van der Waals surface area contributed by atoms with Crippen molar-refractivity contribution in [2.24, 2.45) is 0 Å². The largest absolute Gasteiger partial charge is 0.331 e. The maximum absolute atomic E-state index is 4.34. The highest BCUT2D eigenvalue weighted by atomic mass is 15.1. The molecular weight excluding hydrogens is 214 g/mol. The second-order valence-corrected chi connectivity index (χ2v) is 4.29. The Morgan fingerprint density at radius 2 is 2.24 bits per heavy atom. The van der Waals surface area contributed by atoms with E-state index in [0.29, 0.717) is 12.6 Å². The number of hydrogen-bond donors (Lipinski definition) is 1. The Morgan fingerprint density at radius 1 is 1.35 bits per heavy atom. The highest BCUT2D eigenvalue weighted by molar-refractivity contribution is 5.03. The molecule has 0 aliphatic heterocycles. The summed E-state index contributed by atoms with van der Waals surface area (Å²) in [6.07, 6.45) is 5.53. The van der Waals surface area contributed by atoms with E-state index in [2.05, 4.69) is 34.3 Å². The highest BCUT2D eigenvalue weighted by Gasteiger charge is 2.01. The second kappa shape index (κ2) is 5.54. The van der Waals surface area contributed by atoms with E-state index in [9.17, 15) is 0 Å². The number of nitrogens with zero attached hydrogens (tertiary/aromatic N) is 4. The van der Waals surface area contributed by atoms with E-state index in [1.807, 2.05) is 29.2 Å². The number of nitrogens with one attached hydrogen (secondary N) is 1. The minimum Gasteiger partial charge on any atom is -0.331 e. The SMILES string of the molecule is CC(C)NCc1cn(Cc2cccnn2)cn1. The zero-order valence-electron chi connectivity index (χ0n) is 10.2. The number of imidazole rings is 1. The normalized spacial score (nSPS) is 11.0. The van der Waals surface area contributed by atoms with Crippen LogP contribution in [0.2, 0.25) is 0 Å².